The third kappa shape index (κ3) is 3.53. The molecule has 4 N–H and O–H groups in total. The van der Waals surface area contributed by atoms with Crippen LogP contribution in [0.2, 0.25) is 0 Å². The molecule has 0 amide bonds. The first-order chi connectivity index (χ1) is 6.24. The second-order valence-corrected chi connectivity index (χ2v) is 1.88. The number of carbonyl (C=O) groups is 1. The van der Waals surface area contributed by atoms with Crippen molar-refractivity contribution in [3.05, 3.63) is 23.9 Å². The first-order valence-corrected chi connectivity index (χ1v) is 3.90. The zero-order valence-electron chi connectivity index (χ0n) is 7.61. The highest BCUT2D eigenvalue weighted by atomic mass is 16.4. The lowest BCUT2D eigenvalue weighted by Crippen LogP contribution is -2.08. The summed E-state index contributed by atoms with van der Waals surface area (Å²) in [6.45, 7) is 4.00. The molecule has 0 unspecified atom stereocenters. The number of hydrazine groups is 1. The van der Waals surface area contributed by atoms with Gasteiger partial charge in [0.25, 0.3) is 0 Å². The quantitative estimate of drug-likeness (QED) is 0.472. The number of carboxylic acid groups (broad SMARTS) is 1. The second-order valence-electron chi connectivity index (χ2n) is 1.88. The zero-order valence-corrected chi connectivity index (χ0v) is 7.61. The average molecular weight is 183 g/mol. The second kappa shape index (κ2) is 5.96. The van der Waals surface area contributed by atoms with Crippen LogP contribution in [-0.2, 0) is 0 Å². The Hall–Kier alpha value is -1.62. The molecule has 0 aliphatic rings. The molecule has 0 aliphatic heterocycles. The van der Waals surface area contributed by atoms with Crippen molar-refractivity contribution >= 4 is 11.8 Å². The van der Waals surface area contributed by atoms with Crippen molar-refractivity contribution in [2.45, 2.75) is 13.8 Å². The van der Waals surface area contributed by atoms with E-state index < -0.39 is 5.97 Å². The predicted octanol–water partition coefficient (Wildman–Crippen LogP) is 1.09. The van der Waals surface area contributed by atoms with E-state index in [4.69, 9.17) is 10.9 Å². The van der Waals surface area contributed by atoms with Gasteiger partial charge in [0.05, 0.1) is 5.56 Å². The number of aromatic carboxylic acids is 1. The van der Waals surface area contributed by atoms with E-state index in [9.17, 15) is 4.79 Å². The van der Waals surface area contributed by atoms with Crippen molar-refractivity contribution in [2.24, 2.45) is 5.84 Å². The highest BCUT2D eigenvalue weighted by Gasteiger charge is 2.00. The molecule has 0 radical (unpaired) electrons. The Morgan fingerprint density at radius 2 is 2.15 bits per heavy atom. The van der Waals surface area contributed by atoms with Gasteiger partial charge in [0.15, 0.2) is 0 Å². The zero-order chi connectivity index (χ0) is 10.3. The lowest BCUT2D eigenvalue weighted by molar-refractivity contribution is 0.0696. The Kier molecular flexibility index (Phi) is 5.22. The predicted molar refractivity (Wildman–Crippen MR) is 50.4 cm³/mol. The SMILES string of the molecule is CC.NNc1ccc(C(=O)O)cn1. The average Bonchev–Trinajstić information content (AvgIpc) is 2.21. The summed E-state index contributed by atoms with van der Waals surface area (Å²) in [6, 6.07) is 2.91. The number of carboxylic acids is 1. The summed E-state index contributed by atoms with van der Waals surface area (Å²) in [5, 5.41) is 8.46. The van der Waals surface area contributed by atoms with Crippen molar-refractivity contribution in [1.82, 2.24) is 4.98 Å². The van der Waals surface area contributed by atoms with Crippen molar-refractivity contribution in [3.8, 4) is 0 Å². The molecule has 1 rings (SSSR count). The van der Waals surface area contributed by atoms with Gasteiger partial charge in [-0.3, -0.25) is 0 Å². The van der Waals surface area contributed by atoms with Gasteiger partial charge in [-0.05, 0) is 12.1 Å². The summed E-state index contributed by atoms with van der Waals surface area (Å²) in [4.78, 5) is 14.0. The van der Waals surface area contributed by atoms with E-state index in [1.54, 1.807) is 0 Å². The molecule has 1 aromatic heterocycles. The molecule has 0 aliphatic carbocycles. The molecule has 1 heterocycles. The van der Waals surface area contributed by atoms with Crippen LogP contribution in [0.25, 0.3) is 0 Å². The number of pyridine rings is 1. The number of hydrogen-bond acceptors (Lipinski definition) is 4. The number of nitrogens with one attached hydrogen (secondary N) is 1. The van der Waals surface area contributed by atoms with Crippen molar-refractivity contribution in [3.63, 3.8) is 0 Å². The fraction of sp³-hybridized carbons (Fsp3) is 0.250. The molecule has 0 saturated heterocycles. The largest absolute Gasteiger partial charge is 0.478 e. The molecule has 5 nitrogen and oxygen atoms in total. The van der Waals surface area contributed by atoms with Gasteiger partial charge >= 0.3 is 5.97 Å². The van der Waals surface area contributed by atoms with Crippen LogP contribution in [0.3, 0.4) is 0 Å². The normalized spacial score (nSPS) is 8.23. The minimum absolute atomic E-state index is 0.143. The molecule has 0 atom stereocenters. The van der Waals surface area contributed by atoms with Gasteiger partial charge in [-0.15, -0.1) is 0 Å². The maximum Gasteiger partial charge on any atom is 0.337 e. The van der Waals surface area contributed by atoms with Gasteiger partial charge < -0.3 is 10.5 Å². The minimum Gasteiger partial charge on any atom is -0.478 e. The van der Waals surface area contributed by atoms with Gasteiger partial charge in [-0.2, -0.15) is 0 Å². The Bertz CT molecular complexity index is 259. The Labute approximate surface area is 76.6 Å². The first-order valence-electron chi connectivity index (χ1n) is 3.90. The maximum absolute atomic E-state index is 10.3. The van der Waals surface area contributed by atoms with E-state index >= 15 is 0 Å². The van der Waals surface area contributed by atoms with Gasteiger partial charge in [-0.25, -0.2) is 15.6 Å². The van der Waals surface area contributed by atoms with Crippen molar-refractivity contribution in [2.75, 3.05) is 5.43 Å². The molecule has 5 heteroatoms. The molecular formula is C8H13N3O2. The standard InChI is InChI=1S/C6H7N3O2.C2H6/c7-9-5-2-1-4(3-8-5)6(10)11;1-2/h1-3H,7H2,(H,8,9)(H,10,11);1-2H3. The summed E-state index contributed by atoms with van der Waals surface area (Å²) in [5.41, 5.74) is 2.43. The van der Waals surface area contributed by atoms with Crippen LogP contribution < -0.4 is 11.3 Å². The molecule has 0 saturated carbocycles. The highest BCUT2D eigenvalue weighted by Crippen LogP contribution is 2.02. The lowest BCUT2D eigenvalue weighted by Gasteiger charge is -1.97. The molecular weight excluding hydrogens is 170 g/mol. The fourth-order valence-electron chi connectivity index (χ4n) is 0.606. The van der Waals surface area contributed by atoms with Crippen LogP contribution in [0.4, 0.5) is 5.82 Å². The molecule has 0 spiro atoms. The fourth-order valence-corrected chi connectivity index (χ4v) is 0.606. The van der Waals surface area contributed by atoms with Crippen LogP contribution in [-0.4, -0.2) is 16.1 Å². The molecule has 0 bridgehead atoms. The molecule has 0 aromatic carbocycles. The van der Waals surface area contributed by atoms with E-state index in [1.165, 1.54) is 18.3 Å². The van der Waals surface area contributed by atoms with Crippen LogP contribution >= 0.6 is 0 Å². The van der Waals surface area contributed by atoms with Crippen molar-refractivity contribution < 1.29 is 9.90 Å². The monoisotopic (exact) mass is 183 g/mol. The van der Waals surface area contributed by atoms with Gasteiger partial charge in [0, 0.05) is 6.20 Å². The number of nitrogens with two attached hydrogens (primary N) is 1. The smallest absolute Gasteiger partial charge is 0.337 e. The number of nitrogen functional groups attached to an aromatic ring is 1. The summed E-state index contributed by atoms with van der Waals surface area (Å²) >= 11 is 0. The van der Waals surface area contributed by atoms with E-state index in [-0.39, 0.29) is 5.56 Å². The topological polar surface area (TPSA) is 88.2 Å². The van der Waals surface area contributed by atoms with Crippen LogP contribution in [0.1, 0.15) is 24.2 Å². The van der Waals surface area contributed by atoms with E-state index in [2.05, 4.69) is 10.4 Å². The molecule has 1 aromatic rings. The Morgan fingerprint density at radius 1 is 1.54 bits per heavy atom. The lowest BCUT2D eigenvalue weighted by atomic mass is 10.3. The van der Waals surface area contributed by atoms with E-state index in [1.807, 2.05) is 13.8 Å². The number of nitrogens with zero attached hydrogens (tertiary/aromatic N) is 1. The van der Waals surface area contributed by atoms with Crippen LogP contribution in [0, 0.1) is 0 Å². The highest BCUT2D eigenvalue weighted by molar-refractivity contribution is 5.87. The van der Waals surface area contributed by atoms with E-state index in [0.29, 0.717) is 5.82 Å². The molecule has 13 heavy (non-hydrogen) atoms. The third-order valence-electron chi connectivity index (χ3n) is 1.16. The Morgan fingerprint density at radius 3 is 2.46 bits per heavy atom. The number of aromatic nitrogens is 1. The summed E-state index contributed by atoms with van der Waals surface area (Å²) < 4.78 is 0. The molecule has 0 fully saturated rings. The van der Waals surface area contributed by atoms with E-state index in [0.717, 1.165) is 0 Å². The Balaban J connectivity index is 0.000000671. The summed E-state index contributed by atoms with van der Waals surface area (Å²) in [6.07, 6.45) is 1.23. The van der Waals surface area contributed by atoms with Gasteiger partial charge in [0.2, 0.25) is 0 Å². The summed E-state index contributed by atoms with van der Waals surface area (Å²) in [5.74, 6) is 4.46. The van der Waals surface area contributed by atoms with Gasteiger partial charge in [0.1, 0.15) is 5.82 Å². The first kappa shape index (κ1) is 11.4. The number of hydrogen-bond donors (Lipinski definition) is 3. The van der Waals surface area contributed by atoms with Crippen LogP contribution in [0.5, 0.6) is 0 Å². The number of rotatable bonds is 2. The minimum atomic E-state index is -0.999. The summed E-state index contributed by atoms with van der Waals surface area (Å²) in [7, 11) is 0. The van der Waals surface area contributed by atoms with Crippen molar-refractivity contribution in [1.29, 1.82) is 0 Å². The van der Waals surface area contributed by atoms with Gasteiger partial charge in [-0.1, -0.05) is 13.8 Å². The molecule has 72 valence electrons. The maximum atomic E-state index is 10.3. The number of anilines is 1. The van der Waals surface area contributed by atoms with Crippen LogP contribution in [0.15, 0.2) is 18.3 Å². The third-order valence-corrected chi connectivity index (χ3v) is 1.16.